The van der Waals surface area contributed by atoms with Gasteiger partial charge in [-0.1, -0.05) is 32.6 Å². The van der Waals surface area contributed by atoms with Gasteiger partial charge in [0.2, 0.25) is 0 Å². The number of nitrogens with zero attached hydrogens (tertiary/aromatic N) is 3. The molecule has 0 aliphatic rings. The van der Waals surface area contributed by atoms with Gasteiger partial charge in [-0.2, -0.15) is 5.26 Å². The predicted octanol–water partition coefficient (Wildman–Crippen LogP) is 3.47. The Labute approximate surface area is 137 Å². The van der Waals surface area contributed by atoms with E-state index in [0.717, 1.165) is 25.7 Å². The van der Waals surface area contributed by atoms with E-state index in [4.69, 9.17) is 18.1 Å². The van der Waals surface area contributed by atoms with Crippen LogP contribution in [0.2, 0.25) is 0 Å². The average Bonchev–Trinajstić information content (AvgIpc) is 2.54. The van der Waals surface area contributed by atoms with Gasteiger partial charge < -0.3 is 0 Å². The third-order valence-electron chi connectivity index (χ3n) is 4.37. The third kappa shape index (κ3) is 6.11. The fraction of sp³-hybridized carbons (Fsp3) is 0.737. The lowest BCUT2D eigenvalue weighted by Gasteiger charge is -2.44. The highest BCUT2D eigenvalue weighted by molar-refractivity contribution is 4.97. The van der Waals surface area contributed by atoms with E-state index in [1.54, 1.807) is 0 Å². The minimum atomic E-state index is 0.227. The highest BCUT2D eigenvalue weighted by Gasteiger charge is 2.29. The lowest BCUT2D eigenvalue weighted by molar-refractivity contribution is 0.000605. The van der Waals surface area contributed by atoms with Crippen molar-refractivity contribution in [2.45, 2.75) is 78.0 Å². The summed E-state index contributed by atoms with van der Waals surface area (Å²) < 4.78 is 0. The van der Waals surface area contributed by atoms with Gasteiger partial charge >= 0.3 is 0 Å². The second-order valence-electron chi connectivity index (χ2n) is 5.66. The maximum absolute atomic E-state index is 8.89. The van der Waals surface area contributed by atoms with Crippen molar-refractivity contribution in [3.63, 3.8) is 0 Å². The van der Waals surface area contributed by atoms with Gasteiger partial charge in [-0.25, -0.2) is 0 Å². The molecule has 3 nitrogen and oxygen atoms in total. The first kappa shape index (κ1) is 20.5. The molecule has 0 saturated heterocycles. The lowest BCUT2D eigenvalue weighted by atomic mass is 10.0. The van der Waals surface area contributed by atoms with Crippen LogP contribution in [-0.4, -0.2) is 41.1 Å². The number of terminal acetylenes is 2. The van der Waals surface area contributed by atoms with Gasteiger partial charge in [-0.05, 0) is 32.6 Å². The molecule has 0 aliphatic carbocycles. The molecule has 22 heavy (non-hydrogen) atoms. The molecule has 0 fully saturated rings. The normalized spacial score (nSPS) is 14.9. The van der Waals surface area contributed by atoms with E-state index in [1.807, 2.05) is 0 Å². The van der Waals surface area contributed by atoms with E-state index >= 15 is 0 Å². The monoisotopic (exact) mass is 301 g/mol. The maximum Gasteiger partial charge on any atom is 0.0641 e. The Bertz CT molecular complexity index is 410. The Morgan fingerprint density at radius 2 is 1.55 bits per heavy atom. The van der Waals surface area contributed by atoms with E-state index in [0.29, 0.717) is 31.6 Å². The van der Waals surface area contributed by atoms with Crippen LogP contribution in [0, 0.1) is 36.0 Å². The Morgan fingerprint density at radius 1 is 0.955 bits per heavy atom. The number of nitriles is 1. The molecule has 0 spiro atoms. The van der Waals surface area contributed by atoms with Gasteiger partial charge in [-0.3, -0.25) is 9.80 Å². The zero-order valence-corrected chi connectivity index (χ0v) is 14.7. The van der Waals surface area contributed by atoms with Crippen LogP contribution in [-0.2, 0) is 0 Å². The summed E-state index contributed by atoms with van der Waals surface area (Å²) in [5.74, 6) is 5.58. The van der Waals surface area contributed by atoms with E-state index in [-0.39, 0.29) is 6.17 Å². The summed E-state index contributed by atoms with van der Waals surface area (Å²) in [5.41, 5.74) is 0. The van der Waals surface area contributed by atoms with Crippen molar-refractivity contribution in [3.8, 4) is 30.8 Å². The lowest BCUT2D eigenvalue weighted by Crippen LogP contribution is -2.55. The van der Waals surface area contributed by atoms with E-state index in [1.165, 1.54) is 0 Å². The summed E-state index contributed by atoms with van der Waals surface area (Å²) in [7, 11) is 0. The quantitative estimate of drug-likeness (QED) is 0.432. The highest BCUT2D eigenvalue weighted by atomic mass is 15.4. The smallest absolute Gasteiger partial charge is 0.0641 e. The summed E-state index contributed by atoms with van der Waals surface area (Å²) in [5, 5.41) is 8.89. The van der Waals surface area contributed by atoms with Gasteiger partial charge in [0.25, 0.3) is 0 Å². The molecule has 0 aromatic heterocycles. The van der Waals surface area contributed by atoms with Crippen LogP contribution < -0.4 is 0 Å². The maximum atomic E-state index is 8.89. The SMILES string of the molecule is C#CCN(C(C)CC)C(CC)N(CC#C)C(CC)CCC#N. The first-order valence-corrected chi connectivity index (χ1v) is 8.36. The molecule has 3 heteroatoms. The Morgan fingerprint density at radius 3 is 1.95 bits per heavy atom. The average molecular weight is 301 g/mol. The first-order chi connectivity index (χ1) is 10.6. The Kier molecular flexibility index (Phi) is 11.3. The van der Waals surface area contributed by atoms with Crippen LogP contribution in [0.3, 0.4) is 0 Å². The van der Waals surface area contributed by atoms with E-state index in [9.17, 15) is 0 Å². The molecule has 0 rings (SSSR count). The minimum Gasteiger partial charge on any atom is -0.274 e. The fourth-order valence-corrected chi connectivity index (χ4v) is 2.97. The van der Waals surface area contributed by atoms with Crippen LogP contribution in [0.1, 0.15) is 59.8 Å². The molecule has 0 heterocycles. The molecule has 0 aliphatic heterocycles. The van der Waals surface area contributed by atoms with Crippen LogP contribution in [0.5, 0.6) is 0 Å². The molecule has 0 aromatic carbocycles. The standard InChI is InChI=1S/C19H31N3/c1-7-15-21(17(6)9-3)19(11-5)22(16-8-2)18(10-4)13-12-14-20/h1-2,17-19H,9-13,15-16H2,3-6H3. The number of hydrogen-bond acceptors (Lipinski definition) is 3. The Balaban J connectivity index is 5.39. The molecule has 0 N–H and O–H groups in total. The van der Waals surface area contributed by atoms with Gasteiger partial charge in [0, 0.05) is 18.5 Å². The molecular weight excluding hydrogens is 270 g/mol. The van der Waals surface area contributed by atoms with Crippen molar-refractivity contribution >= 4 is 0 Å². The van der Waals surface area contributed by atoms with Crippen molar-refractivity contribution in [2.75, 3.05) is 13.1 Å². The zero-order valence-electron chi connectivity index (χ0n) is 14.7. The van der Waals surface area contributed by atoms with Gasteiger partial charge in [0.15, 0.2) is 0 Å². The molecule has 0 radical (unpaired) electrons. The van der Waals surface area contributed by atoms with E-state index in [2.05, 4.69) is 55.4 Å². The second-order valence-corrected chi connectivity index (χ2v) is 5.66. The van der Waals surface area contributed by atoms with Crippen molar-refractivity contribution in [1.29, 1.82) is 5.26 Å². The number of rotatable bonds is 11. The van der Waals surface area contributed by atoms with Crippen molar-refractivity contribution in [2.24, 2.45) is 0 Å². The van der Waals surface area contributed by atoms with Crippen molar-refractivity contribution in [3.05, 3.63) is 0 Å². The van der Waals surface area contributed by atoms with Crippen LogP contribution in [0.4, 0.5) is 0 Å². The summed E-state index contributed by atoms with van der Waals surface area (Å²) in [6.07, 6.45) is 15.9. The molecule has 0 saturated carbocycles. The van der Waals surface area contributed by atoms with Crippen LogP contribution in [0.25, 0.3) is 0 Å². The minimum absolute atomic E-state index is 0.227. The van der Waals surface area contributed by atoms with Crippen LogP contribution >= 0.6 is 0 Å². The summed E-state index contributed by atoms with van der Waals surface area (Å²) >= 11 is 0. The third-order valence-corrected chi connectivity index (χ3v) is 4.37. The first-order valence-electron chi connectivity index (χ1n) is 8.36. The van der Waals surface area contributed by atoms with E-state index < -0.39 is 0 Å². The fourth-order valence-electron chi connectivity index (χ4n) is 2.97. The molecule has 122 valence electrons. The molecule has 3 atom stereocenters. The topological polar surface area (TPSA) is 30.3 Å². The zero-order chi connectivity index (χ0) is 17.0. The van der Waals surface area contributed by atoms with Crippen molar-refractivity contribution in [1.82, 2.24) is 9.80 Å². The largest absolute Gasteiger partial charge is 0.274 e. The molecule has 0 aromatic rings. The molecule has 3 unspecified atom stereocenters. The summed E-state index contributed by atoms with van der Waals surface area (Å²) in [4.78, 5) is 4.73. The highest BCUT2D eigenvalue weighted by Crippen LogP contribution is 2.21. The molecular formula is C19H31N3. The predicted molar refractivity (Wildman–Crippen MR) is 93.8 cm³/mol. The molecule has 0 bridgehead atoms. The molecule has 0 amide bonds. The number of hydrogen-bond donors (Lipinski definition) is 0. The second kappa shape index (κ2) is 12.1. The Hall–Kier alpha value is -1.47. The summed E-state index contributed by atoms with van der Waals surface area (Å²) in [6.45, 7) is 9.96. The van der Waals surface area contributed by atoms with Gasteiger partial charge in [0.1, 0.15) is 0 Å². The van der Waals surface area contributed by atoms with Crippen molar-refractivity contribution < 1.29 is 0 Å². The van der Waals surface area contributed by atoms with Gasteiger partial charge in [-0.15, -0.1) is 12.8 Å². The summed E-state index contributed by atoms with van der Waals surface area (Å²) in [6, 6.07) is 2.99. The van der Waals surface area contributed by atoms with Crippen LogP contribution in [0.15, 0.2) is 0 Å². The van der Waals surface area contributed by atoms with Gasteiger partial charge in [0.05, 0.1) is 25.3 Å².